The van der Waals surface area contributed by atoms with E-state index in [1.807, 2.05) is 5.43 Å². The Labute approximate surface area is 168 Å². The first-order valence-electron chi connectivity index (χ1n) is 8.72. The third-order valence-corrected chi connectivity index (χ3v) is 5.14. The van der Waals surface area contributed by atoms with Crippen molar-refractivity contribution < 1.29 is 31.5 Å². The number of rotatable bonds is 9. The van der Waals surface area contributed by atoms with Crippen LogP contribution in [-0.4, -0.2) is 28.0 Å². The summed E-state index contributed by atoms with van der Waals surface area (Å²) in [4.78, 5) is 13.2. The second-order valence-corrected chi connectivity index (χ2v) is 8.18. The van der Waals surface area contributed by atoms with Crippen LogP contribution in [0.2, 0.25) is 0 Å². The third-order valence-electron chi connectivity index (χ3n) is 3.86. The van der Waals surface area contributed by atoms with E-state index in [-0.39, 0.29) is 5.56 Å². The van der Waals surface area contributed by atoms with Crippen molar-refractivity contribution in [1.29, 1.82) is 0 Å². The summed E-state index contributed by atoms with van der Waals surface area (Å²) in [7, 11) is -3.03. The minimum absolute atomic E-state index is 0.0836. The zero-order valence-electron chi connectivity index (χ0n) is 16.2. The lowest BCUT2D eigenvalue weighted by Crippen LogP contribution is -2.41. The molecule has 2 rings (SSSR count). The van der Waals surface area contributed by atoms with Crippen molar-refractivity contribution in [3.63, 3.8) is 0 Å². The lowest BCUT2D eigenvalue weighted by Gasteiger charge is -2.13. The highest BCUT2D eigenvalue weighted by Gasteiger charge is 2.21. The number of ether oxygens (including phenoxy) is 2. The maximum Gasteiger partial charge on any atom is 0.266 e. The van der Waals surface area contributed by atoms with Crippen LogP contribution in [0.5, 0.6) is 11.5 Å². The van der Waals surface area contributed by atoms with Crippen molar-refractivity contribution in [2.24, 2.45) is 5.92 Å². The Kier molecular flexibility index (Phi) is 7.52. The van der Waals surface area contributed by atoms with Gasteiger partial charge in [0.2, 0.25) is 0 Å². The highest BCUT2D eigenvalue weighted by Crippen LogP contribution is 2.28. The number of hydrogen-bond acceptors (Lipinski definition) is 5. The predicted molar refractivity (Wildman–Crippen MR) is 102 cm³/mol. The molecule has 0 aliphatic carbocycles. The molecule has 0 spiro atoms. The molecule has 0 aromatic heterocycles. The zero-order valence-corrected chi connectivity index (χ0v) is 17.0. The van der Waals surface area contributed by atoms with Crippen LogP contribution in [0.4, 0.5) is 8.78 Å². The fourth-order valence-corrected chi connectivity index (χ4v) is 3.17. The van der Waals surface area contributed by atoms with Gasteiger partial charge in [0.15, 0.2) is 11.5 Å². The monoisotopic (exact) mass is 428 g/mol. The molecule has 0 saturated heterocycles. The molecule has 7 nitrogen and oxygen atoms in total. The van der Waals surface area contributed by atoms with E-state index in [4.69, 9.17) is 9.47 Å². The van der Waals surface area contributed by atoms with E-state index < -0.39 is 32.5 Å². The average Bonchev–Trinajstić information content (AvgIpc) is 2.65. The van der Waals surface area contributed by atoms with E-state index in [2.05, 4.69) is 13.8 Å². The van der Waals surface area contributed by atoms with E-state index >= 15 is 0 Å². The molecule has 0 radical (unpaired) electrons. The molecule has 0 bridgehead atoms. The van der Waals surface area contributed by atoms with Crippen LogP contribution in [0, 0.1) is 17.6 Å². The Morgan fingerprint density at radius 2 is 1.83 bits per heavy atom. The zero-order chi connectivity index (χ0) is 21.6. The van der Waals surface area contributed by atoms with Gasteiger partial charge < -0.3 is 9.47 Å². The van der Waals surface area contributed by atoms with Crippen molar-refractivity contribution in [2.75, 3.05) is 13.7 Å². The van der Waals surface area contributed by atoms with Gasteiger partial charge in [0, 0.05) is 11.6 Å². The first kappa shape index (κ1) is 22.6. The van der Waals surface area contributed by atoms with Gasteiger partial charge in [-0.1, -0.05) is 13.8 Å². The Hall–Kier alpha value is -2.72. The molecule has 0 aliphatic rings. The van der Waals surface area contributed by atoms with E-state index in [1.54, 1.807) is 4.83 Å². The van der Waals surface area contributed by atoms with Gasteiger partial charge in [0.05, 0.1) is 13.7 Å². The molecule has 158 valence electrons. The number of amides is 1. The SMILES string of the molecule is COc1cc(C(=O)NNS(=O)(=O)c2ccc(F)cc2F)ccc1OCCC(C)C. The molecule has 10 heteroatoms. The first-order chi connectivity index (χ1) is 13.6. The average molecular weight is 428 g/mol. The molecular weight excluding hydrogens is 406 g/mol. The van der Waals surface area contributed by atoms with Crippen molar-refractivity contribution in [3.05, 3.63) is 53.6 Å². The fraction of sp³-hybridized carbons (Fsp3) is 0.316. The fourth-order valence-electron chi connectivity index (χ4n) is 2.27. The van der Waals surface area contributed by atoms with Crippen LogP contribution in [-0.2, 0) is 10.0 Å². The number of halogens is 2. The van der Waals surface area contributed by atoms with Crippen LogP contribution in [0.3, 0.4) is 0 Å². The number of hydrogen-bond donors (Lipinski definition) is 2. The van der Waals surface area contributed by atoms with Crippen LogP contribution >= 0.6 is 0 Å². The van der Waals surface area contributed by atoms with Gasteiger partial charge in [0.1, 0.15) is 16.5 Å². The van der Waals surface area contributed by atoms with Crippen LogP contribution in [0.25, 0.3) is 0 Å². The Morgan fingerprint density at radius 1 is 1.10 bits per heavy atom. The Bertz CT molecular complexity index is 981. The predicted octanol–water partition coefficient (Wildman–Crippen LogP) is 3.02. The lowest BCUT2D eigenvalue weighted by atomic mass is 10.1. The number of sulfonamides is 1. The quantitative estimate of drug-likeness (QED) is 0.599. The van der Waals surface area contributed by atoms with Crippen molar-refractivity contribution >= 4 is 15.9 Å². The molecule has 29 heavy (non-hydrogen) atoms. The van der Waals surface area contributed by atoms with Crippen LogP contribution < -0.4 is 19.7 Å². The molecule has 2 aromatic carbocycles. The lowest BCUT2D eigenvalue weighted by molar-refractivity contribution is 0.0944. The molecule has 0 unspecified atom stereocenters. The van der Waals surface area contributed by atoms with Crippen LogP contribution in [0.1, 0.15) is 30.6 Å². The molecule has 0 aliphatic heterocycles. The molecule has 0 heterocycles. The maximum absolute atomic E-state index is 13.7. The third kappa shape index (κ3) is 6.13. The molecule has 2 N–H and O–H groups in total. The molecule has 0 saturated carbocycles. The summed E-state index contributed by atoms with van der Waals surface area (Å²) in [5.41, 5.74) is 2.06. The highest BCUT2D eigenvalue weighted by molar-refractivity contribution is 7.89. The van der Waals surface area contributed by atoms with E-state index in [1.165, 1.54) is 25.3 Å². The minimum Gasteiger partial charge on any atom is -0.493 e. The largest absolute Gasteiger partial charge is 0.493 e. The summed E-state index contributed by atoms with van der Waals surface area (Å²) < 4.78 is 61.7. The minimum atomic E-state index is -4.43. The summed E-state index contributed by atoms with van der Waals surface area (Å²) in [6, 6.07) is 6.32. The second kappa shape index (κ2) is 9.66. The van der Waals surface area contributed by atoms with Crippen molar-refractivity contribution in [3.8, 4) is 11.5 Å². The van der Waals surface area contributed by atoms with Gasteiger partial charge in [0.25, 0.3) is 15.9 Å². The molecular formula is C19H22F2N2O5S. The summed E-state index contributed by atoms with van der Waals surface area (Å²) >= 11 is 0. The number of carbonyl (C=O) groups excluding carboxylic acids is 1. The Morgan fingerprint density at radius 3 is 2.45 bits per heavy atom. The van der Waals surface area contributed by atoms with Gasteiger partial charge >= 0.3 is 0 Å². The topological polar surface area (TPSA) is 93.7 Å². The summed E-state index contributed by atoms with van der Waals surface area (Å²) in [5, 5.41) is 0. The first-order valence-corrected chi connectivity index (χ1v) is 10.2. The number of hydrazine groups is 1. The van der Waals surface area contributed by atoms with E-state index in [0.29, 0.717) is 30.1 Å². The second-order valence-electron chi connectivity index (χ2n) is 6.53. The number of methoxy groups -OCH3 is 1. The van der Waals surface area contributed by atoms with E-state index in [0.717, 1.165) is 18.6 Å². The Balaban J connectivity index is 2.08. The van der Waals surface area contributed by atoms with Gasteiger partial charge in [-0.05, 0) is 42.7 Å². The maximum atomic E-state index is 13.7. The summed E-state index contributed by atoms with van der Waals surface area (Å²) in [6.07, 6.45) is 0.840. The van der Waals surface area contributed by atoms with Crippen LogP contribution in [0.15, 0.2) is 41.3 Å². The summed E-state index contributed by atoms with van der Waals surface area (Å²) in [6.45, 7) is 4.60. The molecule has 2 aromatic rings. The number of nitrogens with one attached hydrogen (secondary N) is 2. The summed E-state index contributed by atoms with van der Waals surface area (Å²) in [5.74, 6) is -1.80. The highest BCUT2D eigenvalue weighted by atomic mass is 32.2. The normalized spacial score (nSPS) is 11.4. The smallest absolute Gasteiger partial charge is 0.266 e. The molecule has 1 amide bonds. The standard InChI is InChI=1S/C19H22F2N2O5S/c1-12(2)8-9-28-16-6-4-13(10-17(16)27-3)19(24)22-23-29(25,26)18-7-5-14(20)11-15(18)21/h4-7,10-12,23H,8-9H2,1-3H3,(H,22,24). The number of carbonyl (C=O) groups is 1. The van der Waals surface area contributed by atoms with E-state index in [9.17, 15) is 22.0 Å². The van der Waals surface area contributed by atoms with Gasteiger partial charge in [-0.15, -0.1) is 4.83 Å². The molecule has 0 fully saturated rings. The van der Waals surface area contributed by atoms with Gasteiger partial charge in [-0.25, -0.2) is 17.2 Å². The van der Waals surface area contributed by atoms with Crippen molar-refractivity contribution in [1.82, 2.24) is 10.3 Å². The van der Waals surface area contributed by atoms with Crippen molar-refractivity contribution in [2.45, 2.75) is 25.2 Å². The number of benzene rings is 2. The van der Waals surface area contributed by atoms with Gasteiger partial charge in [-0.2, -0.15) is 0 Å². The van der Waals surface area contributed by atoms with Gasteiger partial charge in [-0.3, -0.25) is 10.2 Å². The molecule has 0 atom stereocenters.